The fourth-order valence-corrected chi connectivity index (χ4v) is 0.911. The van der Waals surface area contributed by atoms with Gasteiger partial charge >= 0.3 is 5.97 Å². The molecule has 0 unspecified atom stereocenters. The second kappa shape index (κ2) is 4.62. The van der Waals surface area contributed by atoms with Crippen LogP contribution in [0.25, 0.3) is 0 Å². The Morgan fingerprint density at radius 2 is 2.31 bits per heavy atom. The van der Waals surface area contributed by atoms with Gasteiger partial charge in [0.1, 0.15) is 5.75 Å². The third-order valence-electron chi connectivity index (χ3n) is 1.60. The minimum absolute atomic E-state index is 0.0441. The van der Waals surface area contributed by atoms with Gasteiger partial charge in [-0.2, -0.15) is 0 Å². The zero-order chi connectivity index (χ0) is 9.68. The lowest BCUT2D eigenvalue weighted by atomic mass is 10.2. The number of hydrogen-bond donors (Lipinski definition) is 1. The Bertz CT molecular complexity index is 294. The minimum atomic E-state index is -0.268. The van der Waals surface area contributed by atoms with Gasteiger partial charge in [-0.15, -0.1) is 0 Å². The van der Waals surface area contributed by atoms with Crippen molar-refractivity contribution in [2.75, 3.05) is 0 Å². The van der Waals surface area contributed by atoms with Crippen molar-refractivity contribution in [1.29, 1.82) is 0 Å². The Kier molecular flexibility index (Phi) is 3.46. The highest BCUT2D eigenvalue weighted by Gasteiger charge is 2.01. The van der Waals surface area contributed by atoms with Crippen LogP contribution in [0.5, 0.6) is 5.75 Å². The molecule has 3 nitrogen and oxygen atoms in total. The second-order valence-electron chi connectivity index (χ2n) is 2.63. The molecule has 70 valence electrons. The summed E-state index contributed by atoms with van der Waals surface area (Å²) >= 11 is 0. The number of aliphatic hydroxyl groups excluding tert-OH is 1. The average Bonchev–Trinajstić information content (AvgIpc) is 2.18. The van der Waals surface area contributed by atoms with E-state index >= 15 is 0 Å². The Morgan fingerprint density at radius 3 is 2.92 bits per heavy atom. The van der Waals surface area contributed by atoms with E-state index in [2.05, 4.69) is 0 Å². The van der Waals surface area contributed by atoms with E-state index in [4.69, 9.17) is 9.84 Å². The van der Waals surface area contributed by atoms with Gasteiger partial charge in [-0.25, -0.2) is 0 Å². The summed E-state index contributed by atoms with van der Waals surface area (Å²) in [5, 5.41) is 8.81. The van der Waals surface area contributed by atoms with Crippen molar-refractivity contribution in [3.8, 4) is 5.75 Å². The third-order valence-corrected chi connectivity index (χ3v) is 1.60. The van der Waals surface area contributed by atoms with E-state index in [1.807, 2.05) is 0 Å². The highest BCUT2D eigenvalue weighted by Crippen LogP contribution is 2.13. The zero-order valence-electron chi connectivity index (χ0n) is 7.49. The van der Waals surface area contributed by atoms with Gasteiger partial charge in [0.2, 0.25) is 0 Å². The summed E-state index contributed by atoms with van der Waals surface area (Å²) in [6, 6.07) is 6.84. The molecule has 0 aliphatic heterocycles. The molecule has 0 radical (unpaired) electrons. The molecule has 1 aromatic carbocycles. The van der Waals surface area contributed by atoms with Crippen molar-refractivity contribution in [3.05, 3.63) is 29.8 Å². The van der Waals surface area contributed by atoms with E-state index in [0.717, 1.165) is 5.56 Å². The van der Waals surface area contributed by atoms with Crippen LogP contribution in [-0.2, 0) is 11.4 Å². The zero-order valence-corrected chi connectivity index (χ0v) is 7.49. The number of aliphatic hydroxyl groups is 1. The van der Waals surface area contributed by atoms with Crippen LogP contribution in [0.2, 0.25) is 0 Å². The average molecular weight is 180 g/mol. The maximum Gasteiger partial charge on any atom is 0.310 e. The van der Waals surface area contributed by atoms with Crippen molar-refractivity contribution < 1.29 is 14.6 Å². The Hall–Kier alpha value is -1.35. The van der Waals surface area contributed by atoms with Crippen LogP contribution < -0.4 is 4.74 Å². The number of ether oxygens (including phenoxy) is 1. The monoisotopic (exact) mass is 180 g/mol. The molecule has 1 N–H and O–H groups in total. The molecule has 0 saturated heterocycles. The number of hydrogen-bond acceptors (Lipinski definition) is 3. The Morgan fingerprint density at radius 1 is 1.54 bits per heavy atom. The molecule has 0 aliphatic rings. The smallest absolute Gasteiger partial charge is 0.310 e. The van der Waals surface area contributed by atoms with E-state index < -0.39 is 0 Å². The number of benzene rings is 1. The highest BCUT2D eigenvalue weighted by atomic mass is 16.5. The van der Waals surface area contributed by atoms with E-state index in [1.165, 1.54) is 0 Å². The molecule has 0 amide bonds. The van der Waals surface area contributed by atoms with Gasteiger partial charge in [-0.1, -0.05) is 19.1 Å². The topological polar surface area (TPSA) is 46.5 Å². The quantitative estimate of drug-likeness (QED) is 0.566. The van der Waals surface area contributed by atoms with Gasteiger partial charge in [-0.05, 0) is 17.7 Å². The summed E-state index contributed by atoms with van der Waals surface area (Å²) < 4.78 is 4.96. The van der Waals surface area contributed by atoms with Gasteiger partial charge in [0.25, 0.3) is 0 Å². The van der Waals surface area contributed by atoms with Crippen molar-refractivity contribution in [3.63, 3.8) is 0 Å². The van der Waals surface area contributed by atoms with Gasteiger partial charge in [0.05, 0.1) is 6.61 Å². The van der Waals surface area contributed by atoms with Gasteiger partial charge < -0.3 is 9.84 Å². The molecule has 0 heterocycles. The molecular weight excluding hydrogens is 168 g/mol. The third kappa shape index (κ3) is 2.87. The van der Waals surface area contributed by atoms with E-state index in [0.29, 0.717) is 12.2 Å². The Labute approximate surface area is 77.0 Å². The molecule has 3 heteroatoms. The normalized spacial score (nSPS) is 9.69. The van der Waals surface area contributed by atoms with E-state index in [9.17, 15) is 4.79 Å². The van der Waals surface area contributed by atoms with Crippen LogP contribution in [0.15, 0.2) is 24.3 Å². The van der Waals surface area contributed by atoms with Gasteiger partial charge in [0.15, 0.2) is 0 Å². The first-order valence-corrected chi connectivity index (χ1v) is 4.16. The highest BCUT2D eigenvalue weighted by molar-refractivity contribution is 5.71. The maximum atomic E-state index is 10.9. The van der Waals surface area contributed by atoms with Gasteiger partial charge in [0, 0.05) is 6.42 Å². The molecular formula is C10H12O3. The fraction of sp³-hybridized carbons (Fsp3) is 0.300. The molecule has 13 heavy (non-hydrogen) atoms. The van der Waals surface area contributed by atoms with Crippen LogP contribution in [0.1, 0.15) is 18.9 Å². The molecule has 1 rings (SSSR count). The molecule has 0 spiro atoms. The van der Waals surface area contributed by atoms with Crippen LogP contribution in [-0.4, -0.2) is 11.1 Å². The molecule has 0 atom stereocenters. The molecule has 0 bridgehead atoms. The lowest BCUT2D eigenvalue weighted by Gasteiger charge is -2.03. The van der Waals surface area contributed by atoms with Crippen LogP contribution in [0.4, 0.5) is 0 Å². The van der Waals surface area contributed by atoms with Crippen LogP contribution >= 0.6 is 0 Å². The molecule has 0 aromatic heterocycles. The first-order chi connectivity index (χ1) is 6.26. The molecule has 0 saturated carbocycles. The standard InChI is InChI=1S/C10H12O3/c1-2-10(12)13-9-5-3-4-8(6-9)7-11/h3-6,11H,2,7H2,1H3. The minimum Gasteiger partial charge on any atom is -0.427 e. The molecule has 0 aliphatic carbocycles. The Balaban J connectivity index is 2.71. The number of rotatable bonds is 3. The largest absolute Gasteiger partial charge is 0.427 e. The number of esters is 1. The van der Waals surface area contributed by atoms with E-state index in [1.54, 1.807) is 31.2 Å². The summed E-state index contributed by atoms with van der Waals surface area (Å²) in [7, 11) is 0. The summed E-state index contributed by atoms with van der Waals surface area (Å²) in [6.45, 7) is 1.69. The van der Waals surface area contributed by atoms with Gasteiger partial charge in [-0.3, -0.25) is 4.79 Å². The first kappa shape index (κ1) is 9.74. The predicted octanol–water partition coefficient (Wildman–Crippen LogP) is 1.49. The summed E-state index contributed by atoms with van der Waals surface area (Å²) in [4.78, 5) is 10.9. The molecule has 0 fully saturated rings. The fourth-order valence-electron chi connectivity index (χ4n) is 0.911. The van der Waals surface area contributed by atoms with Crippen molar-refractivity contribution in [2.24, 2.45) is 0 Å². The van der Waals surface area contributed by atoms with Crippen molar-refractivity contribution in [1.82, 2.24) is 0 Å². The molecule has 1 aromatic rings. The number of carbonyl (C=O) groups is 1. The van der Waals surface area contributed by atoms with Crippen molar-refractivity contribution in [2.45, 2.75) is 20.0 Å². The van der Waals surface area contributed by atoms with E-state index in [-0.39, 0.29) is 12.6 Å². The summed E-state index contributed by atoms with van der Waals surface area (Å²) in [6.07, 6.45) is 0.351. The predicted molar refractivity (Wildman–Crippen MR) is 48.3 cm³/mol. The second-order valence-corrected chi connectivity index (χ2v) is 2.63. The SMILES string of the molecule is CCC(=O)Oc1cccc(CO)c1. The van der Waals surface area contributed by atoms with Crippen LogP contribution in [0.3, 0.4) is 0 Å². The summed E-state index contributed by atoms with van der Waals surface area (Å²) in [5.74, 6) is 0.216. The maximum absolute atomic E-state index is 10.9. The number of carbonyl (C=O) groups excluding carboxylic acids is 1. The lowest BCUT2D eigenvalue weighted by molar-refractivity contribution is -0.134. The lowest BCUT2D eigenvalue weighted by Crippen LogP contribution is -2.05. The van der Waals surface area contributed by atoms with Crippen LogP contribution in [0, 0.1) is 0 Å². The summed E-state index contributed by atoms with van der Waals surface area (Å²) in [5.41, 5.74) is 0.737. The first-order valence-electron chi connectivity index (χ1n) is 4.16. The van der Waals surface area contributed by atoms with Crippen molar-refractivity contribution >= 4 is 5.97 Å².